The van der Waals surface area contributed by atoms with E-state index in [0.29, 0.717) is 36.2 Å². The van der Waals surface area contributed by atoms with Crippen molar-refractivity contribution < 1.29 is 52.8 Å². The first-order valence-electron chi connectivity index (χ1n) is 19.6. The van der Waals surface area contributed by atoms with Crippen molar-refractivity contribution in [3.05, 3.63) is 82.9 Å². The molecular formula is C44H53NO11. The largest absolute Gasteiger partial charge is 0.457 e. The summed E-state index contributed by atoms with van der Waals surface area (Å²) in [6.45, 7) is 13.6. The van der Waals surface area contributed by atoms with Crippen molar-refractivity contribution in [2.75, 3.05) is 6.61 Å². The summed E-state index contributed by atoms with van der Waals surface area (Å²) in [5.41, 5.74) is -3.41. The molecule has 300 valence electrons. The van der Waals surface area contributed by atoms with Crippen LogP contribution in [0.5, 0.6) is 0 Å². The van der Waals surface area contributed by atoms with Gasteiger partial charge in [0.05, 0.1) is 30.2 Å². The molecule has 1 aliphatic heterocycles. The van der Waals surface area contributed by atoms with E-state index in [0.717, 1.165) is 0 Å². The summed E-state index contributed by atoms with van der Waals surface area (Å²) < 4.78 is 30.3. The van der Waals surface area contributed by atoms with Gasteiger partial charge in [0.15, 0.2) is 11.9 Å². The van der Waals surface area contributed by atoms with E-state index in [1.165, 1.54) is 6.92 Å². The Hall–Kier alpha value is -4.55. The van der Waals surface area contributed by atoms with Gasteiger partial charge in [0.1, 0.15) is 23.4 Å². The van der Waals surface area contributed by atoms with Crippen LogP contribution in [-0.4, -0.2) is 77.1 Å². The SMILES string of the molecule is CC(=O)O[C@H]1C(=O)[C@]23C[C@H]2C[C@H]2OC[C@H]2C3[C@H](OC(=O)c2ccccc2)[C@]2(O)C[C@H](OC(=O)[C@H](C)[C@@H](NC(=O)OC(C)(C)C)c3ccccc3)C(C)=C1C2(C)C. The van der Waals surface area contributed by atoms with Crippen LogP contribution >= 0.6 is 0 Å². The molecule has 4 fully saturated rings. The molecule has 0 radical (unpaired) electrons. The van der Waals surface area contributed by atoms with Crippen LogP contribution in [0.1, 0.15) is 96.6 Å². The van der Waals surface area contributed by atoms with Crippen LogP contribution < -0.4 is 5.32 Å². The quantitative estimate of drug-likeness (QED) is 0.182. The monoisotopic (exact) mass is 771 g/mol. The molecule has 1 saturated heterocycles. The molecule has 1 heterocycles. The molecule has 12 heteroatoms. The van der Waals surface area contributed by atoms with Gasteiger partial charge in [-0.25, -0.2) is 9.59 Å². The van der Waals surface area contributed by atoms with Gasteiger partial charge in [-0.15, -0.1) is 0 Å². The van der Waals surface area contributed by atoms with Crippen molar-refractivity contribution in [2.24, 2.45) is 34.5 Å². The number of amides is 1. The summed E-state index contributed by atoms with van der Waals surface area (Å²) in [4.78, 5) is 69.5. The Labute approximate surface area is 327 Å². The number of esters is 3. The Morgan fingerprint density at radius 1 is 0.946 bits per heavy atom. The van der Waals surface area contributed by atoms with Gasteiger partial charge in [0.25, 0.3) is 0 Å². The van der Waals surface area contributed by atoms with Crippen molar-refractivity contribution >= 4 is 29.8 Å². The third kappa shape index (κ3) is 6.62. The highest BCUT2D eigenvalue weighted by Crippen LogP contribution is 2.73. The summed E-state index contributed by atoms with van der Waals surface area (Å²) in [7, 11) is 0. The van der Waals surface area contributed by atoms with E-state index < -0.39 is 82.2 Å². The lowest BCUT2D eigenvalue weighted by atomic mass is 9.49. The van der Waals surface area contributed by atoms with Gasteiger partial charge >= 0.3 is 24.0 Å². The Morgan fingerprint density at radius 3 is 2.18 bits per heavy atom. The van der Waals surface area contributed by atoms with Gasteiger partial charge < -0.3 is 34.1 Å². The zero-order valence-electron chi connectivity index (χ0n) is 33.3. The zero-order valence-corrected chi connectivity index (χ0v) is 33.3. The molecule has 3 saturated carbocycles. The minimum Gasteiger partial charge on any atom is -0.457 e. The molecule has 2 bridgehead atoms. The lowest BCUT2D eigenvalue weighted by Gasteiger charge is -2.61. The third-order valence-corrected chi connectivity index (χ3v) is 13.1. The predicted molar refractivity (Wildman–Crippen MR) is 202 cm³/mol. The van der Waals surface area contributed by atoms with Crippen molar-refractivity contribution in [1.29, 1.82) is 0 Å². The first-order valence-corrected chi connectivity index (χ1v) is 19.6. The van der Waals surface area contributed by atoms with Crippen molar-refractivity contribution in [1.82, 2.24) is 5.32 Å². The molecule has 7 rings (SSSR count). The van der Waals surface area contributed by atoms with Crippen LogP contribution in [-0.2, 0) is 38.1 Å². The second-order valence-corrected chi connectivity index (χ2v) is 17.9. The van der Waals surface area contributed by atoms with Gasteiger partial charge in [-0.3, -0.25) is 14.4 Å². The lowest BCUT2D eigenvalue weighted by molar-refractivity contribution is -0.248. The van der Waals surface area contributed by atoms with E-state index in [1.54, 1.807) is 103 Å². The van der Waals surface area contributed by atoms with Gasteiger partial charge in [-0.2, -0.15) is 0 Å². The predicted octanol–water partition coefficient (Wildman–Crippen LogP) is 6.06. The number of hydrogen-bond donors (Lipinski definition) is 2. The van der Waals surface area contributed by atoms with E-state index >= 15 is 4.79 Å². The zero-order chi connectivity index (χ0) is 40.5. The third-order valence-electron chi connectivity index (χ3n) is 13.1. The minimum atomic E-state index is -1.94. The minimum absolute atomic E-state index is 0.120. The smallest absolute Gasteiger partial charge is 0.408 e. The summed E-state index contributed by atoms with van der Waals surface area (Å²) in [5, 5.41) is 16.4. The second-order valence-electron chi connectivity index (χ2n) is 17.9. The average Bonchev–Trinajstić information content (AvgIpc) is 3.86. The molecule has 1 unspecified atom stereocenters. The van der Waals surface area contributed by atoms with Gasteiger partial charge in [0, 0.05) is 36.0 Å². The molecule has 56 heavy (non-hydrogen) atoms. The Kier molecular flexibility index (Phi) is 10.0. The first kappa shape index (κ1) is 39.7. The number of rotatable bonds is 8. The Balaban J connectivity index is 1.32. The number of aliphatic hydroxyl groups is 1. The number of nitrogens with one attached hydrogen (secondary N) is 1. The molecule has 0 aromatic heterocycles. The van der Waals surface area contributed by atoms with Crippen LogP contribution in [0, 0.1) is 34.5 Å². The molecule has 1 amide bonds. The molecule has 4 aliphatic carbocycles. The molecule has 12 nitrogen and oxygen atoms in total. The number of hydrogen-bond acceptors (Lipinski definition) is 11. The topological polar surface area (TPSA) is 164 Å². The number of carbonyl (C=O) groups excluding carboxylic acids is 5. The van der Waals surface area contributed by atoms with E-state index in [4.69, 9.17) is 23.7 Å². The van der Waals surface area contributed by atoms with Crippen molar-refractivity contribution in [2.45, 2.75) is 116 Å². The van der Waals surface area contributed by atoms with Gasteiger partial charge in [-0.1, -0.05) is 62.4 Å². The maximum absolute atomic E-state index is 15.2. The fraction of sp³-hybridized carbons (Fsp3) is 0.568. The van der Waals surface area contributed by atoms with E-state index in [-0.39, 0.29) is 35.7 Å². The van der Waals surface area contributed by atoms with Gasteiger partial charge in [0.2, 0.25) is 0 Å². The molecule has 2 aromatic carbocycles. The normalized spacial score (nSPS) is 33.7. The maximum atomic E-state index is 15.2. The number of carbonyl (C=O) groups is 5. The molecule has 2 N–H and O–H groups in total. The van der Waals surface area contributed by atoms with Crippen LogP contribution in [0.2, 0.25) is 0 Å². The van der Waals surface area contributed by atoms with Gasteiger partial charge in [-0.05, 0) is 82.2 Å². The summed E-state index contributed by atoms with van der Waals surface area (Å²) in [5.74, 6) is -4.30. The number of fused-ring (bicyclic) bond motifs is 4. The van der Waals surface area contributed by atoms with Crippen LogP contribution in [0.15, 0.2) is 71.8 Å². The molecule has 11 atom stereocenters. The average molecular weight is 772 g/mol. The van der Waals surface area contributed by atoms with E-state index in [9.17, 15) is 24.3 Å². The lowest BCUT2D eigenvalue weighted by Crippen LogP contribution is -2.71. The molecule has 2 aromatic rings. The van der Waals surface area contributed by atoms with Crippen LogP contribution in [0.3, 0.4) is 0 Å². The summed E-state index contributed by atoms with van der Waals surface area (Å²) in [6.07, 6.45) is -3.73. The van der Waals surface area contributed by atoms with Crippen molar-refractivity contribution in [3.63, 3.8) is 0 Å². The highest BCUT2D eigenvalue weighted by atomic mass is 16.6. The summed E-state index contributed by atoms with van der Waals surface area (Å²) in [6, 6.07) is 16.6. The first-order chi connectivity index (χ1) is 26.3. The number of ether oxygens (including phenoxy) is 5. The molecule has 5 aliphatic rings. The van der Waals surface area contributed by atoms with Crippen LogP contribution in [0.4, 0.5) is 4.79 Å². The second kappa shape index (κ2) is 14.1. The van der Waals surface area contributed by atoms with Crippen molar-refractivity contribution in [3.8, 4) is 0 Å². The summed E-state index contributed by atoms with van der Waals surface area (Å²) >= 11 is 0. The van der Waals surface area contributed by atoms with Crippen LogP contribution in [0.25, 0.3) is 0 Å². The van der Waals surface area contributed by atoms with E-state index in [1.807, 2.05) is 6.07 Å². The number of benzene rings is 2. The Morgan fingerprint density at radius 2 is 1.59 bits per heavy atom. The highest BCUT2D eigenvalue weighted by molar-refractivity contribution is 5.97. The highest BCUT2D eigenvalue weighted by Gasteiger charge is 2.79. The maximum Gasteiger partial charge on any atom is 0.408 e. The standard InChI is InChI=1S/C44H53NO11/c1-23-31(54-38(48)24(2)34(26-15-11-9-12-16-26)45-40(50)56-41(4,5)6)21-44(51)37(55-39(49)27-17-13-10-14-18-27)33-29-22-52-30(29)19-28-20-43(28,33)36(47)35(53-25(3)46)32(23)42(44,7)8/h9-18,24,28-31,33-35,37,51H,19-22H2,1-8H3,(H,45,50)/t24-,28-,29-,30-,31+,33?,34-,35-,37+,43-,44-/m1/s1. The Bertz CT molecular complexity index is 1940. The fourth-order valence-electron chi connectivity index (χ4n) is 10.2. The number of alkyl carbamates (subject to hydrolysis) is 1. The number of Topliss-reactive ketones (excluding diaryl/α,β-unsaturated/α-hetero) is 1. The molecule has 1 spiro atoms. The fourth-order valence-corrected chi connectivity index (χ4v) is 10.2. The number of ketones is 1. The van der Waals surface area contributed by atoms with E-state index in [2.05, 4.69) is 5.32 Å². The molecular weight excluding hydrogens is 718 g/mol.